The molecule has 0 aliphatic rings. The molecule has 6 nitrogen and oxygen atoms in total. The van der Waals surface area contributed by atoms with Gasteiger partial charge in [-0.2, -0.15) is 0 Å². The fourth-order valence-electron chi connectivity index (χ4n) is 3.48. The van der Waals surface area contributed by atoms with Gasteiger partial charge >= 0.3 is 0 Å². The largest absolute Gasteiger partial charge is 0.383 e. The van der Waals surface area contributed by atoms with Crippen LogP contribution in [0, 0.1) is 0 Å². The van der Waals surface area contributed by atoms with Gasteiger partial charge in [0, 0.05) is 54.8 Å². The van der Waals surface area contributed by atoms with E-state index in [9.17, 15) is 9.59 Å². The third-order valence-corrected chi connectivity index (χ3v) is 4.95. The van der Waals surface area contributed by atoms with Crippen LogP contribution in [0.5, 0.6) is 0 Å². The van der Waals surface area contributed by atoms with Crippen molar-refractivity contribution in [1.82, 2.24) is 9.13 Å². The van der Waals surface area contributed by atoms with Gasteiger partial charge in [0.1, 0.15) is 0 Å². The van der Waals surface area contributed by atoms with Gasteiger partial charge in [0.25, 0.3) is 11.5 Å². The summed E-state index contributed by atoms with van der Waals surface area (Å²) < 4.78 is 8.63. The van der Waals surface area contributed by atoms with E-state index < -0.39 is 0 Å². The molecule has 2 aromatic heterocycles. The van der Waals surface area contributed by atoms with Crippen molar-refractivity contribution in [2.45, 2.75) is 6.54 Å². The molecule has 6 heteroatoms. The van der Waals surface area contributed by atoms with Crippen LogP contribution in [-0.2, 0) is 18.3 Å². The lowest BCUT2D eigenvalue weighted by molar-refractivity contribution is 0.102. The SMILES string of the molecule is COCCn1cc(C(=O)Nc2cccc3c2ccn3C)c2ccccc2c1=O. The van der Waals surface area contributed by atoms with Crippen molar-refractivity contribution in [3.05, 3.63) is 76.8 Å². The van der Waals surface area contributed by atoms with Gasteiger partial charge in [0.05, 0.1) is 17.9 Å². The lowest BCUT2D eigenvalue weighted by Gasteiger charge is -2.13. The molecule has 4 rings (SSSR count). The fourth-order valence-corrected chi connectivity index (χ4v) is 3.48. The summed E-state index contributed by atoms with van der Waals surface area (Å²) in [4.78, 5) is 25.9. The number of anilines is 1. The molecule has 4 aromatic rings. The molecule has 0 fully saturated rings. The van der Waals surface area contributed by atoms with Crippen molar-refractivity contribution >= 4 is 33.3 Å². The van der Waals surface area contributed by atoms with Gasteiger partial charge in [0.15, 0.2) is 0 Å². The molecular formula is C22H21N3O3. The number of methoxy groups -OCH3 is 1. The highest BCUT2D eigenvalue weighted by atomic mass is 16.5. The molecule has 0 aliphatic heterocycles. The number of ether oxygens (including phenoxy) is 1. The van der Waals surface area contributed by atoms with E-state index in [-0.39, 0.29) is 11.5 Å². The van der Waals surface area contributed by atoms with E-state index in [0.29, 0.717) is 29.5 Å². The summed E-state index contributed by atoms with van der Waals surface area (Å²) in [7, 11) is 3.55. The van der Waals surface area contributed by atoms with Crippen LogP contribution in [0.15, 0.2) is 65.7 Å². The van der Waals surface area contributed by atoms with E-state index in [2.05, 4.69) is 5.32 Å². The first-order chi connectivity index (χ1) is 13.6. The minimum Gasteiger partial charge on any atom is -0.383 e. The second-order valence-electron chi connectivity index (χ2n) is 6.70. The van der Waals surface area contributed by atoms with Crippen molar-refractivity contribution < 1.29 is 9.53 Å². The smallest absolute Gasteiger partial charge is 0.258 e. The Kier molecular flexibility index (Phi) is 4.71. The van der Waals surface area contributed by atoms with Crippen molar-refractivity contribution in [3.63, 3.8) is 0 Å². The number of benzene rings is 2. The maximum Gasteiger partial charge on any atom is 0.258 e. The second-order valence-corrected chi connectivity index (χ2v) is 6.70. The molecule has 0 radical (unpaired) electrons. The van der Waals surface area contributed by atoms with Crippen LogP contribution >= 0.6 is 0 Å². The summed E-state index contributed by atoms with van der Waals surface area (Å²) in [6.07, 6.45) is 3.57. The maximum atomic E-state index is 13.2. The van der Waals surface area contributed by atoms with Gasteiger partial charge in [-0.15, -0.1) is 0 Å². The molecule has 0 atom stereocenters. The Morgan fingerprint density at radius 2 is 1.82 bits per heavy atom. The van der Waals surface area contributed by atoms with Crippen LogP contribution < -0.4 is 10.9 Å². The molecule has 0 saturated carbocycles. The molecule has 2 aromatic carbocycles. The monoisotopic (exact) mass is 375 g/mol. The zero-order chi connectivity index (χ0) is 19.7. The lowest BCUT2D eigenvalue weighted by Crippen LogP contribution is -2.25. The van der Waals surface area contributed by atoms with Gasteiger partial charge in [-0.1, -0.05) is 24.3 Å². The first-order valence-electron chi connectivity index (χ1n) is 9.06. The van der Waals surface area contributed by atoms with Crippen LogP contribution in [0.1, 0.15) is 10.4 Å². The molecule has 0 aliphatic carbocycles. The summed E-state index contributed by atoms with van der Waals surface area (Å²) >= 11 is 0. The Labute approximate surface area is 162 Å². The van der Waals surface area contributed by atoms with Crippen LogP contribution in [0.2, 0.25) is 0 Å². The van der Waals surface area contributed by atoms with E-state index in [4.69, 9.17) is 4.74 Å². The Hall–Kier alpha value is -3.38. The third kappa shape index (κ3) is 3.08. The molecule has 28 heavy (non-hydrogen) atoms. The van der Waals surface area contributed by atoms with Gasteiger partial charge in [-0.05, 0) is 24.3 Å². The standard InChI is InChI=1S/C22H21N3O3/c1-24-11-10-17-19(8-5-9-20(17)24)23-21(26)18-14-25(12-13-28-2)22(27)16-7-4-3-6-15(16)18/h3-11,14H,12-13H2,1-2H3,(H,23,26). The number of nitrogens with zero attached hydrogens (tertiary/aromatic N) is 2. The third-order valence-electron chi connectivity index (χ3n) is 4.95. The molecule has 142 valence electrons. The minimum absolute atomic E-state index is 0.130. The topological polar surface area (TPSA) is 65.3 Å². The van der Waals surface area contributed by atoms with Gasteiger partial charge in [0.2, 0.25) is 0 Å². The van der Waals surface area contributed by atoms with Crippen LogP contribution in [-0.4, -0.2) is 28.8 Å². The normalized spacial score (nSPS) is 11.2. The van der Waals surface area contributed by atoms with Crippen molar-refractivity contribution in [2.24, 2.45) is 7.05 Å². The molecule has 2 heterocycles. The quantitative estimate of drug-likeness (QED) is 0.581. The highest BCUT2D eigenvalue weighted by molar-refractivity contribution is 6.14. The molecule has 1 amide bonds. The molecule has 0 unspecified atom stereocenters. The van der Waals surface area contributed by atoms with Crippen molar-refractivity contribution in [3.8, 4) is 0 Å². The Bertz CT molecular complexity index is 1240. The van der Waals surface area contributed by atoms with Gasteiger partial charge in [-0.25, -0.2) is 0 Å². The van der Waals surface area contributed by atoms with Gasteiger partial charge in [-0.3, -0.25) is 9.59 Å². The summed E-state index contributed by atoms with van der Waals surface area (Å²) in [5.41, 5.74) is 2.10. The number of carbonyl (C=O) groups is 1. The number of aromatic nitrogens is 2. The molecule has 0 spiro atoms. The first kappa shape index (κ1) is 18.0. The Morgan fingerprint density at radius 1 is 1.04 bits per heavy atom. The summed E-state index contributed by atoms with van der Waals surface area (Å²) in [6.45, 7) is 0.775. The molecule has 0 saturated heterocycles. The highest BCUT2D eigenvalue weighted by Crippen LogP contribution is 2.25. The highest BCUT2D eigenvalue weighted by Gasteiger charge is 2.16. The average Bonchev–Trinajstić information content (AvgIpc) is 3.09. The number of pyridine rings is 1. The second kappa shape index (κ2) is 7.32. The van der Waals surface area contributed by atoms with E-state index in [1.54, 1.807) is 31.5 Å². The number of fused-ring (bicyclic) bond motifs is 2. The van der Waals surface area contributed by atoms with E-state index >= 15 is 0 Å². The summed E-state index contributed by atoms with van der Waals surface area (Å²) in [5.74, 6) is -0.251. The number of aryl methyl sites for hydroxylation is 1. The number of amides is 1. The van der Waals surface area contributed by atoms with Crippen LogP contribution in [0.3, 0.4) is 0 Å². The predicted octanol–water partition coefficient (Wildman–Crippen LogP) is 3.39. The van der Waals surface area contributed by atoms with Crippen molar-refractivity contribution in [1.29, 1.82) is 0 Å². The molecular weight excluding hydrogens is 354 g/mol. The number of hydrogen-bond acceptors (Lipinski definition) is 3. The van der Waals surface area contributed by atoms with Crippen LogP contribution in [0.25, 0.3) is 21.7 Å². The summed E-state index contributed by atoms with van der Waals surface area (Å²) in [6, 6.07) is 14.9. The Morgan fingerprint density at radius 3 is 2.61 bits per heavy atom. The average molecular weight is 375 g/mol. The number of hydrogen-bond donors (Lipinski definition) is 1. The van der Waals surface area contributed by atoms with E-state index in [1.165, 1.54) is 4.57 Å². The predicted molar refractivity (Wildman–Crippen MR) is 111 cm³/mol. The van der Waals surface area contributed by atoms with Crippen LogP contribution in [0.4, 0.5) is 5.69 Å². The summed E-state index contributed by atoms with van der Waals surface area (Å²) in [5, 5.41) is 5.13. The van der Waals surface area contributed by atoms with E-state index in [0.717, 1.165) is 16.6 Å². The number of carbonyl (C=O) groups excluding carboxylic acids is 1. The molecule has 1 N–H and O–H groups in total. The number of nitrogens with one attached hydrogen (secondary N) is 1. The molecule has 0 bridgehead atoms. The van der Waals surface area contributed by atoms with Crippen molar-refractivity contribution in [2.75, 3.05) is 19.0 Å². The Balaban J connectivity index is 1.80. The lowest BCUT2D eigenvalue weighted by atomic mass is 10.1. The fraction of sp³-hybridized carbons (Fsp3) is 0.182. The minimum atomic E-state index is -0.251. The van der Waals surface area contributed by atoms with Gasteiger partial charge < -0.3 is 19.2 Å². The van der Waals surface area contributed by atoms with E-state index in [1.807, 2.05) is 48.1 Å². The zero-order valence-corrected chi connectivity index (χ0v) is 15.8. The maximum absolute atomic E-state index is 13.2. The number of rotatable bonds is 5. The first-order valence-corrected chi connectivity index (χ1v) is 9.06. The zero-order valence-electron chi connectivity index (χ0n) is 15.8.